The zero-order chi connectivity index (χ0) is 15.1. The van der Waals surface area contributed by atoms with Crippen LogP contribution in [0.3, 0.4) is 0 Å². The standard InChI is InChI=1S/C14H16BrClN2O2/c1-4-10-12(19)17-14(2,3)13(20)18(10)11-6-5-8(15)7-9(11)16/h5-7,10H,4H2,1-3H3,(H,17,19). The summed E-state index contributed by atoms with van der Waals surface area (Å²) in [5, 5.41) is 3.20. The fourth-order valence-electron chi connectivity index (χ4n) is 2.33. The minimum atomic E-state index is -0.931. The molecule has 6 heteroatoms. The lowest BCUT2D eigenvalue weighted by Gasteiger charge is -2.42. The van der Waals surface area contributed by atoms with Crippen LogP contribution in [0.2, 0.25) is 5.02 Å². The highest BCUT2D eigenvalue weighted by Crippen LogP contribution is 2.34. The van der Waals surface area contributed by atoms with Crippen LogP contribution in [-0.2, 0) is 9.59 Å². The summed E-state index contributed by atoms with van der Waals surface area (Å²) in [5.74, 6) is -0.316. The number of piperazine rings is 1. The SMILES string of the molecule is CCC1C(=O)NC(C)(C)C(=O)N1c1ccc(Br)cc1Cl. The van der Waals surface area contributed by atoms with E-state index in [9.17, 15) is 9.59 Å². The van der Waals surface area contributed by atoms with E-state index in [-0.39, 0.29) is 11.8 Å². The van der Waals surface area contributed by atoms with Gasteiger partial charge in [0.1, 0.15) is 11.6 Å². The third-order valence-electron chi connectivity index (χ3n) is 3.36. The predicted molar refractivity (Wildman–Crippen MR) is 82.9 cm³/mol. The summed E-state index contributed by atoms with van der Waals surface area (Å²) >= 11 is 9.57. The summed E-state index contributed by atoms with van der Waals surface area (Å²) < 4.78 is 0.826. The Kier molecular flexibility index (Phi) is 4.12. The van der Waals surface area contributed by atoms with E-state index < -0.39 is 11.6 Å². The average Bonchev–Trinajstić information content (AvgIpc) is 2.34. The molecule has 4 nitrogen and oxygen atoms in total. The fourth-order valence-corrected chi connectivity index (χ4v) is 3.09. The third-order valence-corrected chi connectivity index (χ3v) is 4.16. The van der Waals surface area contributed by atoms with Crippen LogP contribution in [-0.4, -0.2) is 23.4 Å². The Bertz CT molecular complexity index is 574. The number of benzene rings is 1. The molecule has 1 aliphatic rings. The van der Waals surface area contributed by atoms with Crippen LogP contribution >= 0.6 is 27.5 Å². The second-order valence-electron chi connectivity index (χ2n) is 5.31. The van der Waals surface area contributed by atoms with Gasteiger partial charge in [-0.2, -0.15) is 0 Å². The number of nitrogens with zero attached hydrogens (tertiary/aromatic N) is 1. The van der Waals surface area contributed by atoms with Crippen molar-refractivity contribution in [1.82, 2.24) is 5.32 Å². The molecule has 1 fully saturated rings. The van der Waals surface area contributed by atoms with Gasteiger partial charge in [-0.25, -0.2) is 0 Å². The number of anilines is 1. The first-order valence-electron chi connectivity index (χ1n) is 6.38. The lowest BCUT2D eigenvalue weighted by molar-refractivity contribution is -0.137. The second kappa shape index (κ2) is 5.37. The van der Waals surface area contributed by atoms with Crippen LogP contribution in [0.25, 0.3) is 0 Å². The fraction of sp³-hybridized carbons (Fsp3) is 0.429. The molecule has 0 aliphatic carbocycles. The average molecular weight is 360 g/mol. The zero-order valence-corrected chi connectivity index (χ0v) is 13.9. The van der Waals surface area contributed by atoms with Crippen molar-refractivity contribution in [3.63, 3.8) is 0 Å². The lowest BCUT2D eigenvalue weighted by Crippen LogP contribution is -2.68. The van der Waals surface area contributed by atoms with E-state index in [1.54, 1.807) is 32.0 Å². The lowest BCUT2D eigenvalue weighted by atomic mass is 9.95. The normalized spacial score (nSPS) is 21.9. The van der Waals surface area contributed by atoms with Crippen molar-refractivity contribution in [3.8, 4) is 0 Å². The number of amides is 2. The summed E-state index contributed by atoms with van der Waals surface area (Å²) in [7, 11) is 0. The highest BCUT2D eigenvalue weighted by atomic mass is 79.9. The molecule has 2 amide bonds. The van der Waals surface area contributed by atoms with Crippen LogP contribution in [0.5, 0.6) is 0 Å². The summed E-state index contributed by atoms with van der Waals surface area (Å²) in [6, 6.07) is 4.74. The highest BCUT2D eigenvalue weighted by Gasteiger charge is 2.45. The predicted octanol–water partition coefficient (Wildman–Crippen LogP) is 3.12. The molecule has 1 saturated heterocycles. The number of rotatable bonds is 2. The van der Waals surface area contributed by atoms with Gasteiger partial charge in [-0.3, -0.25) is 14.5 Å². The van der Waals surface area contributed by atoms with Gasteiger partial charge < -0.3 is 5.32 Å². The van der Waals surface area contributed by atoms with Gasteiger partial charge in [0.15, 0.2) is 0 Å². The van der Waals surface area contributed by atoms with E-state index in [2.05, 4.69) is 21.2 Å². The zero-order valence-electron chi connectivity index (χ0n) is 11.5. The molecule has 1 heterocycles. The minimum absolute atomic E-state index is 0.156. The van der Waals surface area contributed by atoms with Gasteiger partial charge in [-0.15, -0.1) is 0 Å². The van der Waals surface area contributed by atoms with Gasteiger partial charge >= 0.3 is 0 Å². The van der Waals surface area contributed by atoms with Crippen molar-refractivity contribution in [2.24, 2.45) is 0 Å². The van der Waals surface area contributed by atoms with Gasteiger partial charge in [-0.1, -0.05) is 34.5 Å². The molecule has 0 aromatic heterocycles. The Hall–Kier alpha value is -1.07. The van der Waals surface area contributed by atoms with Gasteiger partial charge in [0, 0.05) is 4.47 Å². The summed E-state index contributed by atoms with van der Waals surface area (Å²) in [6.07, 6.45) is 0.528. The van der Waals surface area contributed by atoms with Crippen molar-refractivity contribution < 1.29 is 9.59 Å². The molecule has 0 bridgehead atoms. The number of hydrogen-bond acceptors (Lipinski definition) is 2. The van der Waals surface area contributed by atoms with Crippen LogP contribution in [0, 0.1) is 0 Å². The van der Waals surface area contributed by atoms with E-state index in [4.69, 9.17) is 11.6 Å². The first-order chi connectivity index (χ1) is 9.27. The molecule has 0 radical (unpaired) electrons. The molecule has 0 saturated carbocycles. The monoisotopic (exact) mass is 358 g/mol. The molecular weight excluding hydrogens is 344 g/mol. The van der Waals surface area contributed by atoms with Crippen LogP contribution in [0.15, 0.2) is 22.7 Å². The molecule has 2 rings (SSSR count). The van der Waals surface area contributed by atoms with Gasteiger partial charge in [0.05, 0.1) is 10.7 Å². The Morgan fingerprint density at radius 2 is 2.05 bits per heavy atom. The molecule has 1 unspecified atom stereocenters. The molecule has 1 atom stereocenters. The summed E-state index contributed by atoms with van der Waals surface area (Å²) in [4.78, 5) is 26.3. The molecular formula is C14H16BrClN2O2. The molecule has 1 aromatic carbocycles. The van der Waals surface area contributed by atoms with E-state index >= 15 is 0 Å². The minimum Gasteiger partial charge on any atom is -0.340 e. The smallest absolute Gasteiger partial charge is 0.252 e. The number of hydrogen-bond donors (Lipinski definition) is 1. The Morgan fingerprint density at radius 3 is 2.60 bits per heavy atom. The maximum absolute atomic E-state index is 12.6. The van der Waals surface area contributed by atoms with Gasteiger partial charge in [-0.05, 0) is 38.5 Å². The molecule has 0 spiro atoms. The van der Waals surface area contributed by atoms with Gasteiger partial charge in [0.2, 0.25) is 5.91 Å². The van der Waals surface area contributed by atoms with Crippen LogP contribution in [0.4, 0.5) is 5.69 Å². The third kappa shape index (κ3) is 2.56. The van der Waals surface area contributed by atoms with Crippen molar-refractivity contribution >= 4 is 45.0 Å². The van der Waals surface area contributed by atoms with E-state index in [0.717, 1.165) is 4.47 Å². The maximum Gasteiger partial charge on any atom is 0.252 e. The number of carbonyl (C=O) groups is 2. The molecule has 20 heavy (non-hydrogen) atoms. The quantitative estimate of drug-likeness (QED) is 0.882. The van der Waals surface area contributed by atoms with Crippen molar-refractivity contribution in [2.45, 2.75) is 38.8 Å². The first-order valence-corrected chi connectivity index (χ1v) is 7.55. The summed E-state index contributed by atoms with van der Waals surface area (Å²) in [5.41, 5.74) is -0.367. The van der Waals surface area contributed by atoms with Gasteiger partial charge in [0.25, 0.3) is 5.91 Å². The second-order valence-corrected chi connectivity index (χ2v) is 6.63. The largest absolute Gasteiger partial charge is 0.340 e. The van der Waals surface area contributed by atoms with E-state index in [1.807, 2.05) is 6.92 Å². The number of nitrogens with one attached hydrogen (secondary N) is 1. The summed E-state index contributed by atoms with van der Waals surface area (Å²) in [6.45, 7) is 5.26. The number of halogens is 2. The number of carbonyl (C=O) groups excluding carboxylic acids is 2. The molecule has 1 aromatic rings. The Balaban J connectivity index is 2.54. The van der Waals surface area contributed by atoms with Crippen molar-refractivity contribution in [3.05, 3.63) is 27.7 Å². The van der Waals surface area contributed by atoms with E-state index in [0.29, 0.717) is 17.1 Å². The molecule has 1 N–H and O–H groups in total. The molecule has 1 aliphatic heterocycles. The maximum atomic E-state index is 12.6. The van der Waals surface area contributed by atoms with E-state index in [1.165, 1.54) is 4.90 Å². The van der Waals surface area contributed by atoms with Crippen LogP contribution in [0.1, 0.15) is 27.2 Å². The highest BCUT2D eigenvalue weighted by molar-refractivity contribution is 9.10. The Morgan fingerprint density at radius 1 is 1.40 bits per heavy atom. The van der Waals surface area contributed by atoms with Crippen LogP contribution < -0.4 is 10.2 Å². The topological polar surface area (TPSA) is 49.4 Å². The van der Waals surface area contributed by atoms with Crippen molar-refractivity contribution in [1.29, 1.82) is 0 Å². The first kappa shape index (κ1) is 15.3. The Labute approximate surface area is 131 Å². The molecule has 108 valence electrons. The van der Waals surface area contributed by atoms with Crippen molar-refractivity contribution in [2.75, 3.05) is 4.90 Å².